The molecular weight excluding hydrogens is 395 g/mol. The number of esters is 1. The number of alkyl halides is 3. The van der Waals surface area contributed by atoms with Crippen LogP contribution in [0.25, 0.3) is 11.1 Å². The number of carbonyl (C=O) groups is 2. The molecule has 154 valence electrons. The van der Waals surface area contributed by atoms with Crippen molar-refractivity contribution in [2.75, 3.05) is 12.4 Å². The minimum atomic E-state index is -4.43. The first-order valence-corrected chi connectivity index (χ1v) is 9.01. The van der Waals surface area contributed by atoms with Crippen molar-refractivity contribution in [1.82, 2.24) is 0 Å². The Hall–Kier alpha value is -3.61. The van der Waals surface area contributed by atoms with Crippen LogP contribution in [0.1, 0.15) is 21.5 Å². The normalized spacial score (nSPS) is 11.1. The maximum atomic E-state index is 12.8. The van der Waals surface area contributed by atoms with Crippen LogP contribution in [0, 0.1) is 0 Å². The van der Waals surface area contributed by atoms with E-state index in [1.165, 1.54) is 19.2 Å². The number of hydrogen-bond acceptors (Lipinski definition) is 3. The third kappa shape index (κ3) is 5.05. The van der Waals surface area contributed by atoms with Crippen molar-refractivity contribution in [3.05, 3.63) is 89.5 Å². The molecule has 0 fully saturated rings. The smallest absolute Gasteiger partial charge is 0.416 e. The van der Waals surface area contributed by atoms with E-state index >= 15 is 0 Å². The lowest BCUT2D eigenvalue weighted by molar-refractivity contribution is -0.140. The highest BCUT2D eigenvalue weighted by Gasteiger charge is 2.30. The summed E-state index contributed by atoms with van der Waals surface area (Å²) in [5.41, 5.74) is 1.73. The molecule has 0 bridgehead atoms. The second-order valence-electron chi connectivity index (χ2n) is 6.53. The summed E-state index contributed by atoms with van der Waals surface area (Å²) in [6.45, 7) is 0. The van der Waals surface area contributed by atoms with E-state index in [1.54, 1.807) is 48.5 Å². The second-order valence-corrected chi connectivity index (χ2v) is 6.53. The van der Waals surface area contributed by atoms with Gasteiger partial charge >= 0.3 is 12.1 Å². The molecule has 0 saturated carbocycles. The lowest BCUT2D eigenvalue weighted by atomic mass is 9.98. The summed E-state index contributed by atoms with van der Waals surface area (Å²) in [5, 5.41) is 2.76. The number of anilines is 1. The summed E-state index contributed by atoms with van der Waals surface area (Å²) in [6, 6.07) is 18.1. The standard InChI is InChI=1S/C23H18F3NO3/c1-30-21(28)14-15-5-4-6-18(13-15)27-22(29)20-8-3-2-7-19(20)16-9-11-17(12-10-16)23(24,25)26/h2-13H,14H2,1H3,(H,27,29). The van der Waals surface area contributed by atoms with Crippen LogP contribution in [0.3, 0.4) is 0 Å². The highest BCUT2D eigenvalue weighted by Crippen LogP contribution is 2.32. The van der Waals surface area contributed by atoms with Crippen molar-refractivity contribution >= 4 is 17.6 Å². The van der Waals surface area contributed by atoms with Crippen LogP contribution < -0.4 is 5.32 Å². The minimum absolute atomic E-state index is 0.0718. The van der Waals surface area contributed by atoms with Gasteiger partial charge in [-0.05, 0) is 47.0 Å². The van der Waals surface area contributed by atoms with Crippen LogP contribution >= 0.6 is 0 Å². The van der Waals surface area contributed by atoms with Crippen molar-refractivity contribution < 1.29 is 27.5 Å². The predicted octanol–water partition coefficient (Wildman–Crippen LogP) is 5.34. The van der Waals surface area contributed by atoms with E-state index in [4.69, 9.17) is 0 Å². The van der Waals surface area contributed by atoms with E-state index in [-0.39, 0.29) is 6.42 Å². The number of methoxy groups -OCH3 is 1. The average Bonchev–Trinajstić information content (AvgIpc) is 2.73. The molecular formula is C23H18F3NO3. The molecule has 0 saturated heterocycles. The number of halogens is 3. The Morgan fingerprint density at radius 3 is 2.30 bits per heavy atom. The Morgan fingerprint density at radius 2 is 1.63 bits per heavy atom. The number of rotatable bonds is 5. The Balaban J connectivity index is 1.85. The SMILES string of the molecule is COC(=O)Cc1cccc(NC(=O)c2ccccc2-c2ccc(C(F)(F)F)cc2)c1. The number of carbonyl (C=O) groups excluding carboxylic acids is 2. The van der Waals surface area contributed by atoms with Gasteiger partial charge in [-0.25, -0.2) is 0 Å². The first-order chi connectivity index (χ1) is 14.3. The topological polar surface area (TPSA) is 55.4 Å². The molecule has 0 aliphatic carbocycles. The van der Waals surface area contributed by atoms with Crippen LogP contribution in [0.4, 0.5) is 18.9 Å². The fourth-order valence-corrected chi connectivity index (χ4v) is 2.97. The van der Waals surface area contributed by atoms with Crippen LogP contribution in [0.5, 0.6) is 0 Å². The van der Waals surface area contributed by atoms with Crippen LogP contribution in [-0.2, 0) is 22.1 Å². The van der Waals surface area contributed by atoms with Crippen LogP contribution in [0.15, 0.2) is 72.8 Å². The summed E-state index contributed by atoms with van der Waals surface area (Å²) < 4.78 is 43.1. The van der Waals surface area contributed by atoms with Gasteiger partial charge in [-0.3, -0.25) is 9.59 Å². The lowest BCUT2D eigenvalue weighted by Gasteiger charge is -2.12. The third-order valence-electron chi connectivity index (χ3n) is 4.46. The van der Waals surface area contributed by atoms with Gasteiger partial charge in [0.2, 0.25) is 0 Å². The van der Waals surface area contributed by atoms with Crippen molar-refractivity contribution in [3.63, 3.8) is 0 Å². The summed E-state index contributed by atoms with van der Waals surface area (Å²) in [6.07, 6.45) is -4.35. The summed E-state index contributed by atoms with van der Waals surface area (Å²) in [4.78, 5) is 24.3. The van der Waals surface area contributed by atoms with Gasteiger partial charge in [-0.1, -0.05) is 42.5 Å². The molecule has 0 spiro atoms. The van der Waals surface area contributed by atoms with E-state index in [0.29, 0.717) is 27.9 Å². The molecule has 3 aromatic rings. The average molecular weight is 413 g/mol. The Morgan fingerprint density at radius 1 is 0.933 bits per heavy atom. The van der Waals surface area contributed by atoms with Crippen LogP contribution in [0.2, 0.25) is 0 Å². The third-order valence-corrected chi connectivity index (χ3v) is 4.46. The molecule has 0 aromatic heterocycles. The molecule has 0 aliphatic rings. The van der Waals surface area contributed by atoms with Gasteiger partial charge in [0.05, 0.1) is 19.1 Å². The van der Waals surface area contributed by atoms with Gasteiger partial charge in [0.25, 0.3) is 5.91 Å². The zero-order valence-corrected chi connectivity index (χ0v) is 16.0. The first-order valence-electron chi connectivity index (χ1n) is 9.01. The highest BCUT2D eigenvalue weighted by atomic mass is 19.4. The van der Waals surface area contributed by atoms with E-state index in [0.717, 1.165) is 12.1 Å². The van der Waals surface area contributed by atoms with Gasteiger partial charge in [0.1, 0.15) is 0 Å². The van der Waals surface area contributed by atoms with Gasteiger partial charge < -0.3 is 10.1 Å². The molecule has 3 aromatic carbocycles. The molecule has 0 radical (unpaired) electrons. The fourth-order valence-electron chi connectivity index (χ4n) is 2.97. The minimum Gasteiger partial charge on any atom is -0.469 e. The molecule has 1 N–H and O–H groups in total. The Kier molecular flexibility index (Phi) is 6.20. The van der Waals surface area contributed by atoms with Crippen molar-refractivity contribution in [2.45, 2.75) is 12.6 Å². The zero-order chi connectivity index (χ0) is 21.7. The fraction of sp³-hybridized carbons (Fsp3) is 0.130. The molecule has 0 aliphatic heterocycles. The van der Waals surface area contributed by atoms with Gasteiger partial charge in [-0.15, -0.1) is 0 Å². The van der Waals surface area contributed by atoms with Gasteiger partial charge in [0, 0.05) is 11.3 Å². The summed E-state index contributed by atoms with van der Waals surface area (Å²) >= 11 is 0. The highest BCUT2D eigenvalue weighted by molar-refractivity contribution is 6.08. The summed E-state index contributed by atoms with van der Waals surface area (Å²) in [5.74, 6) is -0.813. The second kappa shape index (κ2) is 8.82. The van der Waals surface area contributed by atoms with Crippen molar-refractivity contribution in [3.8, 4) is 11.1 Å². The molecule has 0 unspecified atom stereocenters. The Bertz CT molecular complexity index is 1060. The van der Waals surface area contributed by atoms with E-state index in [9.17, 15) is 22.8 Å². The number of ether oxygens (including phenoxy) is 1. The van der Waals surface area contributed by atoms with Gasteiger partial charge in [0.15, 0.2) is 0 Å². The number of benzene rings is 3. The molecule has 0 heterocycles. The molecule has 0 atom stereocenters. The first kappa shape index (κ1) is 21.1. The summed E-state index contributed by atoms with van der Waals surface area (Å²) in [7, 11) is 1.30. The van der Waals surface area contributed by atoms with Crippen molar-refractivity contribution in [2.24, 2.45) is 0 Å². The molecule has 4 nitrogen and oxygen atoms in total. The van der Waals surface area contributed by atoms with E-state index in [2.05, 4.69) is 10.1 Å². The molecule has 7 heteroatoms. The maximum Gasteiger partial charge on any atom is 0.416 e. The van der Waals surface area contributed by atoms with Crippen LogP contribution in [-0.4, -0.2) is 19.0 Å². The Labute approximate surface area is 171 Å². The predicted molar refractivity (Wildman–Crippen MR) is 107 cm³/mol. The quantitative estimate of drug-likeness (QED) is 0.575. The lowest BCUT2D eigenvalue weighted by Crippen LogP contribution is -2.13. The molecule has 3 rings (SSSR count). The monoisotopic (exact) mass is 413 g/mol. The zero-order valence-electron chi connectivity index (χ0n) is 16.0. The van der Waals surface area contributed by atoms with Gasteiger partial charge in [-0.2, -0.15) is 13.2 Å². The van der Waals surface area contributed by atoms with Crippen molar-refractivity contribution in [1.29, 1.82) is 0 Å². The largest absolute Gasteiger partial charge is 0.469 e. The van der Waals surface area contributed by atoms with E-state index < -0.39 is 23.6 Å². The molecule has 1 amide bonds. The number of nitrogens with one attached hydrogen (secondary N) is 1. The maximum absolute atomic E-state index is 12.8. The van der Waals surface area contributed by atoms with E-state index in [1.807, 2.05) is 0 Å². The number of hydrogen-bond donors (Lipinski definition) is 1. The number of amides is 1. The molecule has 30 heavy (non-hydrogen) atoms.